The molecule has 1 N–H and O–H groups in total. The number of hydrogen-bond acceptors (Lipinski definition) is 4. The highest BCUT2D eigenvalue weighted by molar-refractivity contribution is 7.88. The van der Waals surface area contributed by atoms with Crippen LogP contribution in [0.4, 0.5) is 5.69 Å². The Hall–Kier alpha value is -1.80. The average Bonchev–Trinajstić information content (AvgIpc) is 2.71. The van der Waals surface area contributed by atoms with Crippen molar-refractivity contribution in [2.24, 2.45) is 10.9 Å². The summed E-state index contributed by atoms with van der Waals surface area (Å²) in [5.41, 5.74) is 4.04. The first-order valence-electron chi connectivity index (χ1n) is 10.5. The molecule has 2 fully saturated rings. The Balaban J connectivity index is 1.48. The second-order valence-corrected chi connectivity index (χ2v) is 10.2. The third-order valence-electron chi connectivity index (χ3n) is 6.30. The van der Waals surface area contributed by atoms with Crippen molar-refractivity contribution in [3.63, 3.8) is 0 Å². The first-order valence-corrected chi connectivity index (χ1v) is 12.4. The maximum Gasteiger partial charge on any atom is 0.211 e. The number of anilines is 1. The highest BCUT2D eigenvalue weighted by Crippen LogP contribution is 2.24. The topological polar surface area (TPSA) is 68.2 Å². The molecule has 1 aromatic carbocycles. The van der Waals surface area contributed by atoms with Crippen molar-refractivity contribution < 1.29 is 8.42 Å². The Morgan fingerprint density at radius 3 is 2.34 bits per heavy atom. The molecule has 7 nitrogen and oxygen atoms in total. The molecule has 0 aliphatic carbocycles. The van der Waals surface area contributed by atoms with E-state index in [0.717, 1.165) is 51.5 Å². The summed E-state index contributed by atoms with van der Waals surface area (Å²) in [5.74, 6) is 1.44. The molecule has 0 unspecified atom stereocenters. The minimum absolute atomic E-state index is 0.487. The highest BCUT2D eigenvalue weighted by atomic mass is 32.2. The number of piperazine rings is 1. The highest BCUT2D eigenvalue weighted by Gasteiger charge is 2.26. The summed E-state index contributed by atoms with van der Waals surface area (Å²) in [6.45, 7) is 10.3. The van der Waals surface area contributed by atoms with Crippen molar-refractivity contribution in [1.82, 2.24) is 14.5 Å². The van der Waals surface area contributed by atoms with E-state index < -0.39 is 10.0 Å². The van der Waals surface area contributed by atoms with Crippen molar-refractivity contribution in [3.05, 3.63) is 29.3 Å². The number of rotatable bonds is 4. The smallest absolute Gasteiger partial charge is 0.211 e. The Morgan fingerprint density at radius 2 is 1.76 bits per heavy atom. The summed E-state index contributed by atoms with van der Waals surface area (Å²) in [6.07, 6.45) is 3.10. The van der Waals surface area contributed by atoms with Crippen LogP contribution in [0.3, 0.4) is 0 Å². The number of aliphatic imine (C=N–C) groups is 1. The molecule has 0 bridgehead atoms. The minimum atomic E-state index is -3.06. The number of nitrogens with zero attached hydrogens (tertiary/aromatic N) is 4. The van der Waals surface area contributed by atoms with Crippen LogP contribution in [0.25, 0.3) is 0 Å². The molecule has 1 aromatic rings. The molecule has 2 aliphatic rings. The number of aryl methyl sites for hydroxylation is 1. The molecule has 29 heavy (non-hydrogen) atoms. The van der Waals surface area contributed by atoms with Crippen molar-refractivity contribution in [3.8, 4) is 0 Å². The van der Waals surface area contributed by atoms with Crippen LogP contribution in [0.5, 0.6) is 0 Å². The molecular weight excluding hydrogens is 386 g/mol. The Bertz CT molecular complexity index is 823. The molecule has 0 spiro atoms. The third kappa shape index (κ3) is 5.42. The lowest BCUT2D eigenvalue weighted by molar-refractivity contribution is 0.271. The molecule has 2 heterocycles. The monoisotopic (exact) mass is 421 g/mol. The number of guanidine groups is 1. The van der Waals surface area contributed by atoms with Crippen LogP contribution < -0.4 is 10.2 Å². The van der Waals surface area contributed by atoms with E-state index in [1.165, 1.54) is 23.1 Å². The van der Waals surface area contributed by atoms with E-state index in [4.69, 9.17) is 0 Å². The second-order valence-electron chi connectivity index (χ2n) is 8.23. The average molecular weight is 422 g/mol. The van der Waals surface area contributed by atoms with E-state index >= 15 is 0 Å². The number of piperidine rings is 1. The molecule has 2 saturated heterocycles. The maximum atomic E-state index is 11.7. The van der Waals surface area contributed by atoms with Crippen molar-refractivity contribution in [2.45, 2.75) is 26.7 Å². The zero-order valence-electron chi connectivity index (χ0n) is 18.2. The molecule has 2 aliphatic heterocycles. The van der Waals surface area contributed by atoms with Crippen LogP contribution >= 0.6 is 0 Å². The van der Waals surface area contributed by atoms with E-state index in [-0.39, 0.29) is 0 Å². The summed E-state index contributed by atoms with van der Waals surface area (Å²) in [6, 6.07) is 6.52. The van der Waals surface area contributed by atoms with E-state index in [2.05, 4.69) is 52.2 Å². The quantitative estimate of drug-likeness (QED) is 0.592. The summed E-state index contributed by atoms with van der Waals surface area (Å²) < 4.78 is 24.9. The van der Waals surface area contributed by atoms with Gasteiger partial charge in [0.2, 0.25) is 10.0 Å². The molecule has 3 rings (SSSR count). The van der Waals surface area contributed by atoms with Gasteiger partial charge in [0, 0.05) is 58.5 Å². The van der Waals surface area contributed by atoms with Gasteiger partial charge in [-0.2, -0.15) is 0 Å². The van der Waals surface area contributed by atoms with Gasteiger partial charge in [-0.1, -0.05) is 12.1 Å². The van der Waals surface area contributed by atoms with Crippen LogP contribution in [0.2, 0.25) is 0 Å². The van der Waals surface area contributed by atoms with Gasteiger partial charge >= 0.3 is 0 Å². The zero-order valence-corrected chi connectivity index (χ0v) is 19.0. The fraction of sp³-hybridized carbons (Fsp3) is 0.667. The van der Waals surface area contributed by atoms with Crippen molar-refractivity contribution in [2.75, 3.05) is 64.0 Å². The minimum Gasteiger partial charge on any atom is -0.368 e. The lowest BCUT2D eigenvalue weighted by Gasteiger charge is -2.39. The van der Waals surface area contributed by atoms with E-state index in [9.17, 15) is 8.42 Å². The second kappa shape index (κ2) is 9.34. The fourth-order valence-electron chi connectivity index (χ4n) is 4.25. The van der Waals surface area contributed by atoms with Gasteiger partial charge in [-0.25, -0.2) is 12.7 Å². The van der Waals surface area contributed by atoms with Crippen LogP contribution in [0.15, 0.2) is 23.2 Å². The zero-order chi connectivity index (χ0) is 21.0. The number of hydrogen-bond donors (Lipinski definition) is 1. The predicted molar refractivity (Wildman–Crippen MR) is 120 cm³/mol. The number of sulfonamides is 1. The SMILES string of the molecule is CN=C(NCC1CCN(S(C)(=O)=O)CC1)N1CCN(c2cccc(C)c2C)CC1. The molecular formula is C21H35N5O2S. The van der Waals surface area contributed by atoms with Gasteiger partial charge in [0.1, 0.15) is 0 Å². The van der Waals surface area contributed by atoms with Gasteiger partial charge in [-0.05, 0) is 49.8 Å². The van der Waals surface area contributed by atoms with Crippen LogP contribution in [0, 0.1) is 19.8 Å². The Labute approximate surface area is 175 Å². The van der Waals surface area contributed by atoms with E-state index in [0.29, 0.717) is 19.0 Å². The summed E-state index contributed by atoms with van der Waals surface area (Å²) >= 11 is 0. The van der Waals surface area contributed by atoms with Gasteiger partial charge in [0.15, 0.2) is 5.96 Å². The third-order valence-corrected chi connectivity index (χ3v) is 7.60. The maximum absolute atomic E-state index is 11.7. The lowest BCUT2D eigenvalue weighted by atomic mass is 9.98. The molecule has 0 atom stereocenters. The molecule has 0 radical (unpaired) electrons. The standard InChI is InChI=1S/C21H35N5O2S/c1-17-6-5-7-20(18(17)2)24-12-14-25(15-13-24)21(22-3)23-16-19-8-10-26(11-9-19)29(4,27)28/h5-7,19H,8-16H2,1-4H3,(H,22,23). The van der Waals surface area contributed by atoms with Gasteiger partial charge in [0.25, 0.3) is 0 Å². The van der Waals surface area contributed by atoms with Gasteiger partial charge in [-0.15, -0.1) is 0 Å². The normalized spacial score (nSPS) is 20.2. The summed E-state index contributed by atoms with van der Waals surface area (Å²) in [7, 11) is -1.22. The first kappa shape index (κ1) is 21.9. The Kier molecular flexibility index (Phi) is 7.05. The van der Waals surface area contributed by atoms with Gasteiger partial charge in [-0.3, -0.25) is 4.99 Å². The fourth-order valence-corrected chi connectivity index (χ4v) is 5.12. The Morgan fingerprint density at radius 1 is 1.10 bits per heavy atom. The van der Waals surface area contributed by atoms with Gasteiger partial charge < -0.3 is 15.1 Å². The van der Waals surface area contributed by atoms with Crippen molar-refractivity contribution >= 4 is 21.7 Å². The lowest BCUT2D eigenvalue weighted by Crippen LogP contribution is -2.53. The van der Waals surface area contributed by atoms with Crippen LogP contribution in [0.1, 0.15) is 24.0 Å². The number of benzene rings is 1. The summed E-state index contributed by atoms with van der Waals surface area (Å²) in [5, 5.41) is 3.53. The molecule has 0 saturated carbocycles. The van der Waals surface area contributed by atoms with Crippen LogP contribution in [-0.4, -0.2) is 82.7 Å². The van der Waals surface area contributed by atoms with E-state index in [1.54, 1.807) is 4.31 Å². The molecule has 162 valence electrons. The van der Waals surface area contributed by atoms with E-state index in [1.807, 2.05) is 7.05 Å². The van der Waals surface area contributed by atoms with Crippen molar-refractivity contribution in [1.29, 1.82) is 0 Å². The predicted octanol–water partition coefficient (Wildman–Crippen LogP) is 1.67. The summed E-state index contributed by atoms with van der Waals surface area (Å²) in [4.78, 5) is 9.28. The number of nitrogens with one attached hydrogen (secondary N) is 1. The first-order chi connectivity index (χ1) is 13.8. The largest absolute Gasteiger partial charge is 0.368 e. The van der Waals surface area contributed by atoms with Gasteiger partial charge in [0.05, 0.1) is 6.26 Å². The molecule has 0 amide bonds. The molecule has 0 aromatic heterocycles. The molecule has 8 heteroatoms. The van der Waals surface area contributed by atoms with Crippen LogP contribution in [-0.2, 0) is 10.0 Å².